The van der Waals surface area contributed by atoms with Crippen LogP contribution in [0.25, 0.3) is 0 Å². The normalized spacial score (nSPS) is 11.2. The summed E-state index contributed by atoms with van der Waals surface area (Å²) in [6.45, 7) is 5.53. The van der Waals surface area contributed by atoms with Gasteiger partial charge in [0.05, 0.1) is 13.2 Å². The van der Waals surface area contributed by atoms with Crippen LogP contribution in [0.15, 0.2) is 16.6 Å². The van der Waals surface area contributed by atoms with Crippen molar-refractivity contribution in [1.82, 2.24) is 4.90 Å². The Labute approximate surface area is 123 Å². The minimum absolute atomic E-state index is 0.364. The van der Waals surface area contributed by atoms with Gasteiger partial charge >= 0.3 is 0 Å². The zero-order valence-electron chi connectivity index (χ0n) is 11.8. The molecule has 0 fully saturated rings. The Morgan fingerprint density at radius 3 is 2.26 bits per heavy atom. The molecule has 0 aliphatic rings. The van der Waals surface area contributed by atoms with E-state index in [4.69, 9.17) is 9.47 Å². The molecule has 0 aliphatic carbocycles. The monoisotopic (exact) mass is 331 g/mol. The van der Waals surface area contributed by atoms with Gasteiger partial charge in [0.15, 0.2) is 0 Å². The van der Waals surface area contributed by atoms with Crippen LogP contribution in [-0.4, -0.2) is 50.5 Å². The topological polar surface area (TPSA) is 41.9 Å². The van der Waals surface area contributed by atoms with Crippen molar-refractivity contribution in [3.05, 3.63) is 27.7 Å². The van der Waals surface area contributed by atoms with E-state index in [1.54, 1.807) is 14.2 Å². The van der Waals surface area contributed by atoms with Crippen LogP contribution < -0.4 is 0 Å². The molecule has 1 rings (SSSR count). The Kier molecular flexibility index (Phi) is 7.38. The minimum Gasteiger partial charge on any atom is -0.507 e. The van der Waals surface area contributed by atoms with E-state index in [1.807, 2.05) is 19.1 Å². The molecule has 0 saturated carbocycles. The fraction of sp³-hybridized carbons (Fsp3) is 0.571. The molecular formula is C14H22BrNO3. The zero-order valence-corrected chi connectivity index (χ0v) is 13.4. The van der Waals surface area contributed by atoms with Crippen LogP contribution in [0.2, 0.25) is 0 Å². The van der Waals surface area contributed by atoms with Gasteiger partial charge in [-0.1, -0.05) is 15.9 Å². The maximum atomic E-state index is 10.1. The molecule has 0 saturated heterocycles. The van der Waals surface area contributed by atoms with Gasteiger partial charge in [0.1, 0.15) is 5.75 Å². The van der Waals surface area contributed by atoms with E-state index >= 15 is 0 Å². The molecule has 4 nitrogen and oxygen atoms in total. The Hall–Kier alpha value is -0.620. The Morgan fingerprint density at radius 1 is 1.16 bits per heavy atom. The van der Waals surface area contributed by atoms with E-state index in [0.717, 1.165) is 28.7 Å². The quantitative estimate of drug-likeness (QED) is 0.794. The minimum atomic E-state index is 0.364. The van der Waals surface area contributed by atoms with Crippen molar-refractivity contribution in [3.8, 4) is 5.75 Å². The number of aromatic hydroxyl groups is 1. The number of hydrogen-bond acceptors (Lipinski definition) is 4. The number of nitrogens with zero attached hydrogens (tertiary/aromatic N) is 1. The molecule has 5 heteroatoms. The van der Waals surface area contributed by atoms with E-state index in [1.165, 1.54) is 0 Å². The first kappa shape index (κ1) is 16.4. The molecule has 108 valence electrons. The second-order valence-corrected chi connectivity index (χ2v) is 5.41. The third-order valence-corrected chi connectivity index (χ3v) is 3.42. The van der Waals surface area contributed by atoms with E-state index < -0.39 is 0 Å². The first-order chi connectivity index (χ1) is 9.08. The molecule has 0 amide bonds. The smallest absolute Gasteiger partial charge is 0.123 e. The maximum absolute atomic E-state index is 10.1. The fourth-order valence-corrected chi connectivity index (χ4v) is 2.50. The molecule has 0 radical (unpaired) electrons. The Balaban J connectivity index is 2.76. The molecule has 0 unspecified atom stereocenters. The van der Waals surface area contributed by atoms with Crippen molar-refractivity contribution < 1.29 is 14.6 Å². The highest BCUT2D eigenvalue weighted by Crippen LogP contribution is 2.27. The largest absolute Gasteiger partial charge is 0.507 e. The van der Waals surface area contributed by atoms with E-state index in [0.29, 0.717) is 25.5 Å². The van der Waals surface area contributed by atoms with Crippen molar-refractivity contribution in [2.45, 2.75) is 13.5 Å². The molecule has 1 aromatic carbocycles. The van der Waals surface area contributed by atoms with Gasteiger partial charge in [-0.2, -0.15) is 0 Å². The molecule has 0 bridgehead atoms. The van der Waals surface area contributed by atoms with Crippen molar-refractivity contribution >= 4 is 15.9 Å². The second-order valence-electron chi connectivity index (χ2n) is 4.49. The third-order valence-electron chi connectivity index (χ3n) is 2.96. The molecule has 1 aromatic rings. The number of phenolic OH excluding ortho intramolecular Hbond substituents is 1. The summed E-state index contributed by atoms with van der Waals surface area (Å²) in [5.41, 5.74) is 1.79. The summed E-state index contributed by atoms with van der Waals surface area (Å²) in [5, 5.41) is 10.1. The van der Waals surface area contributed by atoms with Crippen LogP contribution in [0.1, 0.15) is 11.1 Å². The molecule has 0 spiro atoms. The zero-order chi connectivity index (χ0) is 14.3. The predicted octanol–water partition coefficient (Wildman–Crippen LogP) is 2.56. The lowest BCUT2D eigenvalue weighted by atomic mass is 10.1. The number of halogens is 1. The van der Waals surface area contributed by atoms with Crippen molar-refractivity contribution in [2.24, 2.45) is 0 Å². The highest BCUT2D eigenvalue weighted by atomic mass is 79.9. The second kappa shape index (κ2) is 8.53. The molecule has 0 aromatic heterocycles. The number of rotatable bonds is 8. The summed E-state index contributed by atoms with van der Waals surface area (Å²) in [6.07, 6.45) is 0. The fourth-order valence-electron chi connectivity index (χ4n) is 1.88. The van der Waals surface area contributed by atoms with Gasteiger partial charge < -0.3 is 14.6 Å². The average molecular weight is 332 g/mol. The predicted molar refractivity (Wildman–Crippen MR) is 79.6 cm³/mol. The number of phenols is 1. The lowest BCUT2D eigenvalue weighted by Crippen LogP contribution is -2.30. The number of benzene rings is 1. The average Bonchev–Trinajstić information content (AvgIpc) is 2.38. The molecule has 19 heavy (non-hydrogen) atoms. The summed E-state index contributed by atoms with van der Waals surface area (Å²) < 4.78 is 11.2. The highest BCUT2D eigenvalue weighted by molar-refractivity contribution is 9.10. The van der Waals surface area contributed by atoms with Gasteiger partial charge in [-0.3, -0.25) is 4.90 Å². The number of hydrogen-bond donors (Lipinski definition) is 1. The number of methoxy groups -OCH3 is 2. The lowest BCUT2D eigenvalue weighted by molar-refractivity contribution is 0.110. The van der Waals surface area contributed by atoms with Gasteiger partial charge in [-0.05, 0) is 24.6 Å². The van der Waals surface area contributed by atoms with Crippen molar-refractivity contribution in [2.75, 3.05) is 40.5 Å². The summed E-state index contributed by atoms with van der Waals surface area (Å²) in [5.74, 6) is 0.364. The highest BCUT2D eigenvalue weighted by Gasteiger charge is 2.11. The summed E-state index contributed by atoms with van der Waals surface area (Å²) >= 11 is 3.46. The summed E-state index contributed by atoms with van der Waals surface area (Å²) in [6, 6.07) is 3.86. The van der Waals surface area contributed by atoms with Gasteiger partial charge in [0.2, 0.25) is 0 Å². The van der Waals surface area contributed by atoms with Crippen LogP contribution in [0.3, 0.4) is 0 Å². The molecular weight excluding hydrogens is 310 g/mol. The Bertz CT molecular complexity index is 391. The maximum Gasteiger partial charge on any atom is 0.123 e. The van der Waals surface area contributed by atoms with Crippen molar-refractivity contribution in [3.63, 3.8) is 0 Å². The van der Waals surface area contributed by atoms with Gasteiger partial charge in [0, 0.05) is 43.9 Å². The standard InChI is InChI=1S/C14H22BrNO3/c1-11-8-13(15)9-12(14(11)17)10-16(4-6-18-2)5-7-19-3/h8-9,17H,4-7,10H2,1-3H3. The first-order valence-corrected chi connectivity index (χ1v) is 7.06. The molecule has 0 atom stereocenters. The summed E-state index contributed by atoms with van der Waals surface area (Å²) in [7, 11) is 3.38. The third kappa shape index (κ3) is 5.48. The van der Waals surface area contributed by atoms with Gasteiger partial charge in [-0.25, -0.2) is 0 Å². The summed E-state index contributed by atoms with van der Waals surface area (Å²) in [4.78, 5) is 2.20. The molecule has 0 heterocycles. The van der Waals surface area contributed by atoms with Crippen LogP contribution in [0.5, 0.6) is 5.75 Å². The lowest BCUT2D eigenvalue weighted by Gasteiger charge is -2.22. The SMILES string of the molecule is COCCN(CCOC)Cc1cc(Br)cc(C)c1O. The van der Waals surface area contributed by atoms with E-state index in [-0.39, 0.29) is 0 Å². The van der Waals surface area contributed by atoms with Crippen molar-refractivity contribution in [1.29, 1.82) is 0 Å². The number of ether oxygens (including phenoxy) is 2. The molecule has 0 aliphatic heterocycles. The first-order valence-electron chi connectivity index (χ1n) is 6.26. The van der Waals surface area contributed by atoms with Crippen LogP contribution in [-0.2, 0) is 16.0 Å². The van der Waals surface area contributed by atoms with Crippen LogP contribution in [0.4, 0.5) is 0 Å². The van der Waals surface area contributed by atoms with Gasteiger partial charge in [0.25, 0.3) is 0 Å². The molecule has 1 N–H and O–H groups in total. The number of aryl methyl sites for hydroxylation is 1. The van der Waals surface area contributed by atoms with Crippen LogP contribution in [0, 0.1) is 6.92 Å². The van der Waals surface area contributed by atoms with E-state index in [2.05, 4.69) is 20.8 Å². The Morgan fingerprint density at radius 2 is 1.74 bits per heavy atom. The van der Waals surface area contributed by atoms with E-state index in [9.17, 15) is 5.11 Å². The van der Waals surface area contributed by atoms with Gasteiger partial charge in [-0.15, -0.1) is 0 Å². The van der Waals surface area contributed by atoms with Crippen LogP contribution >= 0.6 is 15.9 Å².